The Kier molecular flexibility index (Phi) is 5.72. The highest BCUT2D eigenvalue weighted by Gasteiger charge is 2.31. The molecule has 2 saturated heterocycles. The van der Waals surface area contributed by atoms with Crippen molar-refractivity contribution in [1.82, 2.24) is 24.4 Å². The molecule has 8 nitrogen and oxygen atoms in total. The van der Waals surface area contributed by atoms with E-state index in [1.165, 1.54) is 0 Å². The Balaban J connectivity index is 1.59. The fourth-order valence-corrected chi connectivity index (χ4v) is 4.61. The summed E-state index contributed by atoms with van der Waals surface area (Å²) in [6.07, 6.45) is 1.99. The van der Waals surface area contributed by atoms with Gasteiger partial charge < -0.3 is 19.3 Å². The molecule has 0 unspecified atom stereocenters. The van der Waals surface area contributed by atoms with Crippen molar-refractivity contribution in [3.8, 4) is 0 Å². The summed E-state index contributed by atoms with van der Waals surface area (Å²) < 4.78 is 7.60. The summed E-state index contributed by atoms with van der Waals surface area (Å²) in [6, 6.07) is 0.212. The lowest BCUT2D eigenvalue weighted by molar-refractivity contribution is -0.0139. The second kappa shape index (κ2) is 7.98. The fraction of sp³-hybridized carbons (Fsp3) is 0.750. The topological polar surface area (TPSA) is 79.5 Å². The van der Waals surface area contributed by atoms with Gasteiger partial charge in [0.1, 0.15) is 5.82 Å². The molecule has 29 heavy (non-hydrogen) atoms. The average molecular weight is 423 g/mol. The maximum absolute atomic E-state index is 10.3. The van der Waals surface area contributed by atoms with Crippen LogP contribution in [0.1, 0.15) is 39.4 Å². The molecule has 0 aliphatic carbocycles. The van der Waals surface area contributed by atoms with Gasteiger partial charge in [0.2, 0.25) is 5.28 Å². The van der Waals surface area contributed by atoms with Crippen molar-refractivity contribution in [3.05, 3.63) is 11.1 Å². The molecule has 2 fully saturated rings. The second-order valence-electron chi connectivity index (χ2n) is 8.90. The van der Waals surface area contributed by atoms with Gasteiger partial charge in [0.05, 0.1) is 31.4 Å². The molecule has 0 amide bonds. The van der Waals surface area contributed by atoms with Gasteiger partial charge in [-0.2, -0.15) is 9.97 Å². The zero-order valence-corrected chi connectivity index (χ0v) is 18.5. The van der Waals surface area contributed by atoms with Crippen molar-refractivity contribution in [2.75, 3.05) is 37.7 Å². The van der Waals surface area contributed by atoms with Gasteiger partial charge >= 0.3 is 0 Å². The van der Waals surface area contributed by atoms with E-state index >= 15 is 0 Å². The van der Waals surface area contributed by atoms with Crippen LogP contribution in [0, 0.1) is 5.92 Å². The lowest BCUT2D eigenvalue weighted by atomic mass is 9.83. The maximum Gasteiger partial charge on any atom is 0.226 e. The van der Waals surface area contributed by atoms with Gasteiger partial charge in [0, 0.05) is 13.6 Å². The Morgan fingerprint density at radius 3 is 2.55 bits per heavy atom. The number of imidazole rings is 1. The van der Waals surface area contributed by atoms with Crippen LogP contribution in [-0.2, 0) is 18.3 Å². The van der Waals surface area contributed by atoms with Gasteiger partial charge in [-0.15, -0.1) is 0 Å². The van der Waals surface area contributed by atoms with Gasteiger partial charge in [-0.05, 0) is 64.2 Å². The van der Waals surface area contributed by atoms with Gasteiger partial charge in [-0.1, -0.05) is 0 Å². The third-order valence-electron chi connectivity index (χ3n) is 6.36. The van der Waals surface area contributed by atoms with E-state index in [4.69, 9.17) is 21.3 Å². The van der Waals surface area contributed by atoms with E-state index in [1.54, 1.807) is 0 Å². The summed E-state index contributed by atoms with van der Waals surface area (Å²) in [6.45, 7) is 10.7. The van der Waals surface area contributed by atoms with Gasteiger partial charge in [-0.25, -0.2) is 4.98 Å². The van der Waals surface area contributed by atoms with Gasteiger partial charge in [-0.3, -0.25) is 4.90 Å². The number of aromatic nitrogens is 4. The molecular formula is C20H31ClN6O2. The van der Waals surface area contributed by atoms with Crippen LogP contribution in [0.2, 0.25) is 5.28 Å². The number of nitrogens with zero attached hydrogens (tertiary/aromatic N) is 6. The predicted octanol–water partition coefficient (Wildman–Crippen LogP) is 2.22. The molecule has 0 spiro atoms. The summed E-state index contributed by atoms with van der Waals surface area (Å²) >= 11 is 6.27. The van der Waals surface area contributed by atoms with Crippen molar-refractivity contribution in [2.45, 2.75) is 51.8 Å². The van der Waals surface area contributed by atoms with Gasteiger partial charge in [0.25, 0.3) is 0 Å². The molecule has 0 saturated carbocycles. The highest BCUT2D eigenvalue weighted by Crippen LogP contribution is 2.30. The minimum atomic E-state index is -0.611. The molecule has 2 aromatic heterocycles. The third kappa shape index (κ3) is 4.21. The average Bonchev–Trinajstić information content (AvgIpc) is 2.97. The van der Waals surface area contributed by atoms with E-state index in [0.29, 0.717) is 19.1 Å². The summed E-state index contributed by atoms with van der Waals surface area (Å²) in [5.74, 6) is 2.09. The molecule has 1 N–H and O–H groups in total. The molecule has 2 aliphatic rings. The summed E-state index contributed by atoms with van der Waals surface area (Å²) in [5.41, 5.74) is 0.951. The van der Waals surface area contributed by atoms with Crippen LogP contribution in [0.5, 0.6) is 0 Å². The molecular weight excluding hydrogens is 392 g/mol. The molecule has 160 valence electrons. The molecule has 4 heterocycles. The molecule has 2 aliphatic heterocycles. The van der Waals surface area contributed by atoms with E-state index in [9.17, 15) is 5.11 Å². The number of ether oxygens (including phenoxy) is 1. The first-order chi connectivity index (χ1) is 13.7. The fourth-order valence-electron chi connectivity index (χ4n) is 4.45. The first kappa shape index (κ1) is 20.8. The monoisotopic (exact) mass is 422 g/mol. The van der Waals surface area contributed by atoms with Crippen LogP contribution in [-0.4, -0.2) is 74.0 Å². The SMILES string of the molecule is C[C@H]1COCCN1c1nc(Cl)nc2c1nc(CN1CCC(C(C)(C)O)CC1)n2C. The van der Waals surface area contributed by atoms with Crippen molar-refractivity contribution in [1.29, 1.82) is 0 Å². The number of morpholine rings is 1. The maximum atomic E-state index is 10.3. The quantitative estimate of drug-likeness (QED) is 0.756. The number of likely N-dealkylation sites (tertiary alicyclic amines) is 1. The molecule has 2 aromatic rings. The first-order valence-corrected chi connectivity index (χ1v) is 10.8. The largest absolute Gasteiger partial charge is 0.390 e. The van der Waals surface area contributed by atoms with E-state index in [0.717, 1.165) is 61.8 Å². The van der Waals surface area contributed by atoms with Crippen molar-refractivity contribution in [3.63, 3.8) is 0 Å². The van der Waals surface area contributed by atoms with E-state index in [1.807, 2.05) is 25.5 Å². The van der Waals surface area contributed by atoms with Crippen LogP contribution in [0.4, 0.5) is 5.82 Å². The zero-order chi connectivity index (χ0) is 20.8. The smallest absolute Gasteiger partial charge is 0.226 e. The summed E-state index contributed by atoms with van der Waals surface area (Å²) in [4.78, 5) is 18.5. The van der Waals surface area contributed by atoms with Crippen LogP contribution in [0.25, 0.3) is 11.2 Å². The lowest BCUT2D eigenvalue weighted by Gasteiger charge is -2.37. The highest BCUT2D eigenvalue weighted by atomic mass is 35.5. The summed E-state index contributed by atoms with van der Waals surface area (Å²) in [7, 11) is 1.99. The Morgan fingerprint density at radius 1 is 1.17 bits per heavy atom. The van der Waals surface area contributed by atoms with Crippen LogP contribution >= 0.6 is 11.6 Å². The Labute approximate surface area is 176 Å². The number of aliphatic hydroxyl groups is 1. The van der Waals surface area contributed by atoms with Crippen LogP contribution < -0.4 is 4.90 Å². The predicted molar refractivity (Wildman–Crippen MR) is 113 cm³/mol. The van der Waals surface area contributed by atoms with E-state index in [-0.39, 0.29) is 11.3 Å². The number of hydrogen-bond acceptors (Lipinski definition) is 7. The molecule has 4 rings (SSSR count). The number of fused-ring (bicyclic) bond motifs is 1. The first-order valence-electron chi connectivity index (χ1n) is 10.4. The van der Waals surface area contributed by atoms with Crippen molar-refractivity contribution < 1.29 is 9.84 Å². The molecule has 0 radical (unpaired) electrons. The molecule has 9 heteroatoms. The Morgan fingerprint density at radius 2 is 1.90 bits per heavy atom. The van der Waals surface area contributed by atoms with E-state index in [2.05, 4.69) is 26.7 Å². The lowest BCUT2D eigenvalue weighted by Crippen LogP contribution is -2.44. The minimum Gasteiger partial charge on any atom is -0.390 e. The Hall–Kier alpha value is -1.48. The van der Waals surface area contributed by atoms with E-state index < -0.39 is 5.60 Å². The molecule has 0 bridgehead atoms. The minimum absolute atomic E-state index is 0.212. The van der Waals surface area contributed by atoms with Crippen LogP contribution in [0.3, 0.4) is 0 Å². The van der Waals surface area contributed by atoms with Crippen molar-refractivity contribution in [2.24, 2.45) is 13.0 Å². The number of halogens is 1. The normalized spacial score (nSPS) is 22.6. The second-order valence-corrected chi connectivity index (χ2v) is 9.23. The number of piperidine rings is 1. The molecule has 0 aromatic carbocycles. The third-order valence-corrected chi connectivity index (χ3v) is 6.53. The summed E-state index contributed by atoms with van der Waals surface area (Å²) in [5, 5.41) is 10.5. The number of aryl methyl sites for hydroxylation is 1. The number of hydrogen-bond donors (Lipinski definition) is 1. The van der Waals surface area contributed by atoms with Gasteiger partial charge in [0.15, 0.2) is 17.0 Å². The number of anilines is 1. The van der Waals surface area contributed by atoms with Crippen molar-refractivity contribution >= 4 is 28.6 Å². The Bertz CT molecular complexity index is 872. The highest BCUT2D eigenvalue weighted by molar-refractivity contribution is 6.28. The zero-order valence-electron chi connectivity index (χ0n) is 17.7. The number of rotatable bonds is 4. The van der Waals surface area contributed by atoms with Crippen LogP contribution in [0.15, 0.2) is 0 Å². The standard InChI is InChI=1S/C20H31ClN6O2/c1-13-12-29-10-9-27(13)18-16-17(23-19(21)24-18)25(4)15(22-16)11-26-7-5-14(6-8-26)20(2,3)28/h13-14,28H,5-12H2,1-4H3/t13-/m0/s1. The molecule has 1 atom stereocenters.